The summed E-state index contributed by atoms with van der Waals surface area (Å²) >= 11 is 0. The lowest BCUT2D eigenvalue weighted by Crippen LogP contribution is -2.27. The average molecular weight is 331 g/mol. The minimum Gasteiger partial charge on any atom is -0.368 e. The van der Waals surface area contributed by atoms with Crippen LogP contribution in [0.25, 0.3) is 0 Å². The fourth-order valence-corrected chi connectivity index (χ4v) is 2.71. The molecular weight excluding hydrogens is 302 g/mol. The van der Waals surface area contributed by atoms with Crippen LogP contribution in [0.3, 0.4) is 0 Å². The standard InChI is InChI=1S/C18H29N5O/c1-23(2)12-6-10-20-18(24)16-13-22-17(14-21-16)19-11-9-15-7-4-3-5-8-15/h7,13-14H,3-6,8-12H2,1-2H3,(H,19,22)(H,20,24). The Morgan fingerprint density at radius 1 is 1.21 bits per heavy atom. The minimum atomic E-state index is -0.167. The van der Waals surface area contributed by atoms with Crippen LogP contribution in [0.1, 0.15) is 49.0 Å². The van der Waals surface area contributed by atoms with Crippen LogP contribution in [-0.4, -0.2) is 54.5 Å². The Kier molecular flexibility index (Phi) is 7.68. The molecule has 6 nitrogen and oxygen atoms in total. The van der Waals surface area contributed by atoms with Crippen LogP contribution < -0.4 is 10.6 Å². The SMILES string of the molecule is CN(C)CCCNC(=O)c1cnc(NCCC2=CCCCC2)cn1. The van der Waals surface area contributed by atoms with E-state index < -0.39 is 0 Å². The van der Waals surface area contributed by atoms with Gasteiger partial charge in [-0.05, 0) is 59.2 Å². The average Bonchev–Trinajstić information content (AvgIpc) is 2.60. The summed E-state index contributed by atoms with van der Waals surface area (Å²) in [6.45, 7) is 2.45. The second kappa shape index (κ2) is 10.0. The zero-order valence-corrected chi connectivity index (χ0v) is 14.8. The number of nitrogens with one attached hydrogen (secondary N) is 2. The number of allylic oxidation sites excluding steroid dienone is 1. The van der Waals surface area contributed by atoms with Gasteiger partial charge in [-0.25, -0.2) is 9.97 Å². The van der Waals surface area contributed by atoms with Crippen LogP contribution in [-0.2, 0) is 0 Å². The number of rotatable bonds is 9. The third kappa shape index (κ3) is 6.66. The van der Waals surface area contributed by atoms with Gasteiger partial charge < -0.3 is 15.5 Å². The van der Waals surface area contributed by atoms with E-state index in [-0.39, 0.29) is 5.91 Å². The first kappa shape index (κ1) is 18.4. The number of amides is 1. The molecular formula is C18H29N5O. The first-order valence-electron chi connectivity index (χ1n) is 8.82. The lowest BCUT2D eigenvalue weighted by Gasteiger charge is -2.13. The van der Waals surface area contributed by atoms with E-state index in [1.807, 2.05) is 14.1 Å². The fourth-order valence-electron chi connectivity index (χ4n) is 2.71. The van der Waals surface area contributed by atoms with Gasteiger partial charge in [-0.3, -0.25) is 4.79 Å². The summed E-state index contributed by atoms with van der Waals surface area (Å²) in [5, 5.41) is 6.14. The molecule has 6 heteroatoms. The van der Waals surface area contributed by atoms with Gasteiger partial charge in [0.25, 0.3) is 5.91 Å². The zero-order valence-electron chi connectivity index (χ0n) is 14.8. The molecule has 0 saturated carbocycles. The molecule has 1 aromatic rings. The van der Waals surface area contributed by atoms with E-state index >= 15 is 0 Å². The quantitative estimate of drug-likeness (QED) is 0.537. The highest BCUT2D eigenvalue weighted by atomic mass is 16.1. The summed E-state index contributed by atoms with van der Waals surface area (Å²) < 4.78 is 0. The van der Waals surface area contributed by atoms with Gasteiger partial charge in [0.15, 0.2) is 0 Å². The second-order valence-electron chi connectivity index (χ2n) is 6.48. The molecule has 0 fully saturated rings. The van der Waals surface area contributed by atoms with Crippen LogP contribution in [0.15, 0.2) is 24.0 Å². The highest BCUT2D eigenvalue weighted by Gasteiger charge is 2.08. The van der Waals surface area contributed by atoms with Crippen LogP contribution in [0.4, 0.5) is 5.82 Å². The van der Waals surface area contributed by atoms with E-state index in [1.54, 1.807) is 6.20 Å². The molecule has 0 saturated heterocycles. The van der Waals surface area contributed by atoms with Crippen LogP contribution >= 0.6 is 0 Å². The van der Waals surface area contributed by atoms with Gasteiger partial charge in [-0.1, -0.05) is 11.6 Å². The van der Waals surface area contributed by atoms with Gasteiger partial charge in [0, 0.05) is 13.1 Å². The van der Waals surface area contributed by atoms with Crippen LogP contribution in [0.2, 0.25) is 0 Å². The maximum atomic E-state index is 12.0. The molecule has 0 bridgehead atoms. The largest absolute Gasteiger partial charge is 0.368 e. The Balaban J connectivity index is 1.69. The summed E-state index contributed by atoms with van der Waals surface area (Å²) in [6, 6.07) is 0. The predicted molar refractivity (Wildman–Crippen MR) is 97.2 cm³/mol. The van der Waals surface area contributed by atoms with E-state index in [2.05, 4.69) is 31.6 Å². The summed E-state index contributed by atoms with van der Waals surface area (Å²) in [4.78, 5) is 22.5. The molecule has 1 aliphatic carbocycles. The van der Waals surface area contributed by atoms with Gasteiger partial charge in [0.2, 0.25) is 0 Å². The third-order valence-electron chi connectivity index (χ3n) is 4.09. The molecule has 0 aliphatic heterocycles. The van der Waals surface area contributed by atoms with Crippen molar-refractivity contribution in [2.45, 2.75) is 38.5 Å². The lowest BCUT2D eigenvalue weighted by atomic mass is 9.97. The molecule has 0 unspecified atom stereocenters. The van der Waals surface area contributed by atoms with E-state index in [0.717, 1.165) is 31.7 Å². The first-order valence-corrected chi connectivity index (χ1v) is 8.82. The normalized spacial score (nSPS) is 14.4. The molecule has 2 N–H and O–H groups in total. The van der Waals surface area contributed by atoms with Crippen molar-refractivity contribution in [3.05, 3.63) is 29.7 Å². The van der Waals surface area contributed by atoms with Gasteiger partial charge in [0.05, 0.1) is 12.4 Å². The monoisotopic (exact) mass is 331 g/mol. The number of carbonyl (C=O) groups excluding carboxylic acids is 1. The Bertz CT molecular complexity index is 539. The van der Waals surface area contributed by atoms with E-state index in [9.17, 15) is 4.79 Å². The predicted octanol–water partition coefficient (Wildman–Crippen LogP) is 2.46. The van der Waals surface area contributed by atoms with Gasteiger partial charge in [-0.15, -0.1) is 0 Å². The molecule has 0 aromatic carbocycles. The summed E-state index contributed by atoms with van der Waals surface area (Å²) in [6.07, 6.45) is 12.6. The topological polar surface area (TPSA) is 70.2 Å². The number of hydrogen-bond acceptors (Lipinski definition) is 5. The number of aromatic nitrogens is 2. The minimum absolute atomic E-state index is 0.167. The number of nitrogens with zero attached hydrogens (tertiary/aromatic N) is 3. The molecule has 0 spiro atoms. The Labute approximate surface area is 144 Å². The molecule has 1 aliphatic rings. The smallest absolute Gasteiger partial charge is 0.271 e. The van der Waals surface area contributed by atoms with Crippen molar-refractivity contribution < 1.29 is 4.79 Å². The molecule has 2 rings (SSSR count). The molecule has 1 aromatic heterocycles. The van der Waals surface area contributed by atoms with Crippen LogP contribution in [0.5, 0.6) is 0 Å². The molecule has 1 heterocycles. The molecule has 132 valence electrons. The number of hydrogen-bond donors (Lipinski definition) is 2. The van der Waals surface area contributed by atoms with Crippen molar-refractivity contribution in [3.63, 3.8) is 0 Å². The number of anilines is 1. The highest BCUT2D eigenvalue weighted by Crippen LogP contribution is 2.19. The number of carbonyl (C=O) groups is 1. The van der Waals surface area contributed by atoms with Crippen molar-refractivity contribution in [2.24, 2.45) is 0 Å². The molecule has 1 amide bonds. The Hall–Kier alpha value is -1.95. The van der Waals surface area contributed by atoms with E-state index in [1.165, 1.54) is 37.5 Å². The van der Waals surface area contributed by atoms with E-state index in [4.69, 9.17) is 0 Å². The lowest BCUT2D eigenvalue weighted by molar-refractivity contribution is 0.0947. The summed E-state index contributed by atoms with van der Waals surface area (Å²) in [7, 11) is 4.04. The van der Waals surface area contributed by atoms with Crippen molar-refractivity contribution in [1.29, 1.82) is 0 Å². The van der Waals surface area contributed by atoms with Crippen molar-refractivity contribution in [3.8, 4) is 0 Å². The van der Waals surface area contributed by atoms with Crippen molar-refractivity contribution >= 4 is 11.7 Å². The zero-order chi connectivity index (χ0) is 17.2. The van der Waals surface area contributed by atoms with E-state index in [0.29, 0.717) is 12.2 Å². The summed E-state index contributed by atoms with van der Waals surface area (Å²) in [5.74, 6) is 0.552. The van der Waals surface area contributed by atoms with Crippen molar-refractivity contribution in [2.75, 3.05) is 39.0 Å². The Morgan fingerprint density at radius 3 is 2.75 bits per heavy atom. The maximum Gasteiger partial charge on any atom is 0.271 e. The maximum absolute atomic E-state index is 12.0. The highest BCUT2D eigenvalue weighted by molar-refractivity contribution is 5.91. The molecule has 0 atom stereocenters. The van der Waals surface area contributed by atoms with Gasteiger partial charge >= 0.3 is 0 Å². The third-order valence-corrected chi connectivity index (χ3v) is 4.09. The second-order valence-corrected chi connectivity index (χ2v) is 6.48. The molecule has 24 heavy (non-hydrogen) atoms. The van der Waals surface area contributed by atoms with Crippen LogP contribution in [0, 0.1) is 0 Å². The van der Waals surface area contributed by atoms with Gasteiger partial charge in [0.1, 0.15) is 11.5 Å². The fraction of sp³-hybridized carbons (Fsp3) is 0.611. The van der Waals surface area contributed by atoms with Gasteiger partial charge in [-0.2, -0.15) is 0 Å². The summed E-state index contributed by atoms with van der Waals surface area (Å²) in [5.41, 5.74) is 1.90. The van der Waals surface area contributed by atoms with Crippen molar-refractivity contribution in [1.82, 2.24) is 20.2 Å². The Morgan fingerprint density at radius 2 is 2.08 bits per heavy atom. The molecule has 0 radical (unpaired) electrons. The first-order chi connectivity index (χ1) is 11.6.